The van der Waals surface area contributed by atoms with Gasteiger partial charge in [-0.3, -0.25) is 4.98 Å². The highest BCUT2D eigenvalue weighted by Gasteiger charge is 2.58. The van der Waals surface area contributed by atoms with Crippen molar-refractivity contribution >= 4 is 0 Å². The highest BCUT2D eigenvalue weighted by atomic mass is 14.8. The third kappa shape index (κ3) is 1.64. The average Bonchev–Trinajstić information content (AvgIpc) is 2.46. The molecule has 0 aliphatic heterocycles. The minimum Gasteiger partial charge on any atom is -0.321 e. The van der Waals surface area contributed by atoms with Gasteiger partial charge < -0.3 is 5.73 Å². The largest absolute Gasteiger partial charge is 0.321 e. The van der Waals surface area contributed by atoms with E-state index in [1.807, 2.05) is 18.5 Å². The SMILES string of the molecule is CCC(N)(c1cccnc1)C12CC3CC(CC(C3)C1)C2. The summed E-state index contributed by atoms with van der Waals surface area (Å²) in [5.41, 5.74) is 8.52. The summed E-state index contributed by atoms with van der Waals surface area (Å²) in [4.78, 5) is 4.35. The van der Waals surface area contributed by atoms with Crippen LogP contribution in [-0.2, 0) is 5.54 Å². The molecule has 1 heterocycles. The molecule has 4 aliphatic rings. The first-order chi connectivity index (χ1) is 9.65. The summed E-state index contributed by atoms with van der Waals surface area (Å²) >= 11 is 0. The first-order valence-electron chi connectivity index (χ1n) is 8.34. The Balaban J connectivity index is 1.77. The van der Waals surface area contributed by atoms with Gasteiger partial charge in [-0.15, -0.1) is 0 Å². The lowest BCUT2D eigenvalue weighted by Crippen LogP contribution is -2.60. The lowest BCUT2D eigenvalue weighted by molar-refractivity contribution is -0.101. The Labute approximate surface area is 122 Å². The van der Waals surface area contributed by atoms with Gasteiger partial charge in [0.2, 0.25) is 0 Å². The fourth-order valence-electron chi connectivity index (χ4n) is 6.17. The van der Waals surface area contributed by atoms with Gasteiger partial charge in [0.25, 0.3) is 0 Å². The van der Waals surface area contributed by atoms with E-state index in [1.54, 1.807) is 0 Å². The van der Waals surface area contributed by atoms with Crippen molar-refractivity contribution in [2.75, 3.05) is 0 Å². The third-order valence-electron chi connectivity index (χ3n) is 6.72. The lowest BCUT2D eigenvalue weighted by Gasteiger charge is -2.63. The molecule has 1 aromatic rings. The molecule has 0 saturated heterocycles. The van der Waals surface area contributed by atoms with Gasteiger partial charge >= 0.3 is 0 Å². The topological polar surface area (TPSA) is 38.9 Å². The highest BCUT2D eigenvalue weighted by molar-refractivity contribution is 5.26. The molecule has 4 aliphatic carbocycles. The molecule has 2 nitrogen and oxygen atoms in total. The van der Waals surface area contributed by atoms with E-state index in [4.69, 9.17) is 5.73 Å². The number of aromatic nitrogens is 1. The van der Waals surface area contributed by atoms with Gasteiger partial charge in [0.05, 0.1) is 0 Å². The first kappa shape index (κ1) is 12.8. The van der Waals surface area contributed by atoms with Crippen LogP contribution in [0.25, 0.3) is 0 Å². The molecule has 0 amide bonds. The van der Waals surface area contributed by atoms with Gasteiger partial charge in [-0.1, -0.05) is 13.0 Å². The van der Waals surface area contributed by atoms with E-state index in [-0.39, 0.29) is 5.54 Å². The maximum atomic E-state index is 7.08. The fraction of sp³-hybridized carbons (Fsp3) is 0.722. The van der Waals surface area contributed by atoms with Crippen LogP contribution in [0.15, 0.2) is 24.5 Å². The van der Waals surface area contributed by atoms with E-state index in [2.05, 4.69) is 18.0 Å². The van der Waals surface area contributed by atoms with Crippen LogP contribution in [0.2, 0.25) is 0 Å². The van der Waals surface area contributed by atoms with Crippen LogP contribution in [-0.4, -0.2) is 4.98 Å². The Morgan fingerprint density at radius 1 is 1.20 bits per heavy atom. The quantitative estimate of drug-likeness (QED) is 0.905. The van der Waals surface area contributed by atoms with E-state index in [0.29, 0.717) is 5.41 Å². The Morgan fingerprint density at radius 3 is 2.25 bits per heavy atom. The van der Waals surface area contributed by atoms with Crippen molar-refractivity contribution in [2.24, 2.45) is 28.9 Å². The number of nitrogens with two attached hydrogens (primary N) is 1. The molecular formula is C18H26N2. The van der Waals surface area contributed by atoms with Gasteiger partial charge in [0.15, 0.2) is 0 Å². The van der Waals surface area contributed by atoms with E-state index >= 15 is 0 Å². The summed E-state index contributed by atoms with van der Waals surface area (Å²) < 4.78 is 0. The molecule has 108 valence electrons. The highest BCUT2D eigenvalue weighted by Crippen LogP contribution is 2.65. The zero-order chi connectivity index (χ0) is 13.8. The number of rotatable bonds is 3. The maximum absolute atomic E-state index is 7.08. The minimum atomic E-state index is -0.169. The monoisotopic (exact) mass is 270 g/mol. The van der Waals surface area contributed by atoms with Crippen molar-refractivity contribution in [3.05, 3.63) is 30.1 Å². The second-order valence-corrected chi connectivity index (χ2v) is 7.76. The van der Waals surface area contributed by atoms with E-state index < -0.39 is 0 Å². The standard InChI is InChI=1S/C18H26N2/c1-2-18(19,16-4-3-5-20-12-16)17-9-13-6-14(10-17)8-15(7-13)11-17/h3-5,12-15H,2,6-11,19H2,1H3. The van der Waals surface area contributed by atoms with Crippen molar-refractivity contribution in [3.8, 4) is 0 Å². The van der Waals surface area contributed by atoms with Crippen LogP contribution >= 0.6 is 0 Å². The summed E-state index contributed by atoms with van der Waals surface area (Å²) in [7, 11) is 0. The van der Waals surface area contributed by atoms with Crippen molar-refractivity contribution < 1.29 is 0 Å². The fourth-order valence-corrected chi connectivity index (χ4v) is 6.17. The molecule has 4 bridgehead atoms. The van der Waals surface area contributed by atoms with Gasteiger partial charge in [-0.25, -0.2) is 0 Å². The summed E-state index contributed by atoms with van der Waals surface area (Å²) in [6, 6.07) is 4.25. The molecule has 5 rings (SSSR count). The Morgan fingerprint density at radius 2 is 1.80 bits per heavy atom. The van der Waals surface area contributed by atoms with E-state index in [1.165, 1.54) is 44.1 Å². The van der Waals surface area contributed by atoms with Crippen molar-refractivity contribution in [1.82, 2.24) is 4.98 Å². The zero-order valence-corrected chi connectivity index (χ0v) is 12.5. The third-order valence-corrected chi connectivity index (χ3v) is 6.72. The molecule has 1 aromatic heterocycles. The van der Waals surface area contributed by atoms with Crippen molar-refractivity contribution in [3.63, 3.8) is 0 Å². The second-order valence-electron chi connectivity index (χ2n) is 7.76. The predicted molar refractivity (Wildman–Crippen MR) is 81.0 cm³/mol. The number of hydrogen-bond donors (Lipinski definition) is 1. The smallest absolute Gasteiger partial charge is 0.0479 e. The molecule has 2 N–H and O–H groups in total. The van der Waals surface area contributed by atoms with E-state index in [0.717, 1.165) is 24.2 Å². The predicted octanol–water partition coefficient (Wildman–Crippen LogP) is 3.86. The molecule has 20 heavy (non-hydrogen) atoms. The van der Waals surface area contributed by atoms with Gasteiger partial charge in [-0.05, 0) is 79.7 Å². The molecule has 0 radical (unpaired) electrons. The normalized spacial score (nSPS) is 41.6. The molecule has 0 aromatic carbocycles. The molecule has 0 spiro atoms. The summed E-state index contributed by atoms with van der Waals surface area (Å²) in [6.45, 7) is 2.27. The van der Waals surface area contributed by atoms with Crippen LogP contribution in [0.5, 0.6) is 0 Å². The van der Waals surface area contributed by atoms with Gasteiger partial charge in [-0.2, -0.15) is 0 Å². The Kier molecular flexibility index (Phi) is 2.76. The van der Waals surface area contributed by atoms with Crippen LogP contribution < -0.4 is 5.73 Å². The summed E-state index contributed by atoms with van der Waals surface area (Å²) in [5.74, 6) is 2.85. The lowest BCUT2D eigenvalue weighted by atomic mass is 9.43. The number of pyridine rings is 1. The minimum absolute atomic E-state index is 0.169. The molecule has 4 saturated carbocycles. The van der Waals surface area contributed by atoms with Crippen molar-refractivity contribution in [1.29, 1.82) is 0 Å². The molecule has 1 unspecified atom stereocenters. The molecule has 4 fully saturated rings. The van der Waals surface area contributed by atoms with Crippen LogP contribution in [0.4, 0.5) is 0 Å². The summed E-state index contributed by atoms with van der Waals surface area (Å²) in [5, 5.41) is 0. The maximum Gasteiger partial charge on any atom is 0.0479 e. The first-order valence-corrected chi connectivity index (χ1v) is 8.34. The zero-order valence-electron chi connectivity index (χ0n) is 12.5. The molecule has 2 heteroatoms. The summed E-state index contributed by atoms with van der Waals surface area (Å²) in [6.07, 6.45) is 13.4. The number of nitrogens with zero attached hydrogens (tertiary/aromatic N) is 1. The van der Waals surface area contributed by atoms with Crippen LogP contribution in [0.1, 0.15) is 57.4 Å². The molecular weight excluding hydrogens is 244 g/mol. The van der Waals surface area contributed by atoms with Gasteiger partial charge in [0, 0.05) is 17.9 Å². The van der Waals surface area contributed by atoms with Crippen LogP contribution in [0.3, 0.4) is 0 Å². The Hall–Kier alpha value is -0.890. The Bertz CT molecular complexity index is 460. The van der Waals surface area contributed by atoms with Crippen molar-refractivity contribution in [2.45, 2.75) is 57.4 Å². The number of hydrogen-bond acceptors (Lipinski definition) is 2. The van der Waals surface area contributed by atoms with E-state index in [9.17, 15) is 0 Å². The average molecular weight is 270 g/mol. The molecule has 1 atom stereocenters. The second kappa shape index (κ2) is 4.30. The van der Waals surface area contributed by atoms with Gasteiger partial charge in [0.1, 0.15) is 0 Å². The van der Waals surface area contributed by atoms with Crippen LogP contribution in [0, 0.1) is 23.2 Å².